The summed E-state index contributed by atoms with van der Waals surface area (Å²) in [6.45, 7) is 0. The largest absolute Gasteiger partial charge is 0.310 e. The predicted molar refractivity (Wildman–Crippen MR) is 67.0 cm³/mol. The summed E-state index contributed by atoms with van der Waals surface area (Å²) in [4.78, 5) is 0. The van der Waals surface area contributed by atoms with Crippen molar-refractivity contribution in [1.29, 1.82) is 0 Å². The van der Waals surface area contributed by atoms with Crippen molar-refractivity contribution < 1.29 is 8.78 Å². The summed E-state index contributed by atoms with van der Waals surface area (Å²) >= 11 is 0. The second kappa shape index (κ2) is 5.76. The molecule has 0 amide bonds. The molecular formula is C15H15F2. The fourth-order valence-electron chi connectivity index (χ4n) is 1.98. The second-order valence-corrected chi connectivity index (χ2v) is 4.23. The Kier molecular flexibility index (Phi) is 4.08. The lowest BCUT2D eigenvalue weighted by atomic mass is 10.0. The smallest absolute Gasteiger partial charge is 0.200 e. The van der Waals surface area contributed by atoms with Crippen LogP contribution in [-0.4, -0.2) is 0 Å². The Morgan fingerprint density at radius 1 is 0.882 bits per heavy atom. The van der Waals surface area contributed by atoms with E-state index in [1.165, 1.54) is 16.3 Å². The first-order valence-corrected chi connectivity index (χ1v) is 5.90. The van der Waals surface area contributed by atoms with E-state index < -0.39 is 6.43 Å². The highest BCUT2D eigenvalue weighted by Gasteiger charge is 2.04. The van der Waals surface area contributed by atoms with Crippen LogP contribution in [0.25, 0.3) is 10.8 Å². The van der Waals surface area contributed by atoms with Crippen molar-refractivity contribution in [2.45, 2.75) is 25.7 Å². The van der Waals surface area contributed by atoms with Gasteiger partial charge in [-0.25, -0.2) is 0 Å². The van der Waals surface area contributed by atoms with Crippen LogP contribution in [0.2, 0.25) is 0 Å². The van der Waals surface area contributed by atoms with Crippen molar-refractivity contribution in [3.05, 3.63) is 54.5 Å². The number of benzene rings is 2. The van der Waals surface area contributed by atoms with Gasteiger partial charge in [-0.15, -0.1) is 0 Å². The van der Waals surface area contributed by atoms with Gasteiger partial charge in [0, 0.05) is 6.42 Å². The number of fused-ring (bicyclic) bond motifs is 1. The number of aryl methyl sites for hydroxylation is 1. The Morgan fingerprint density at radius 3 is 2.41 bits per heavy atom. The molecule has 0 nitrogen and oxygen atoms in total. The highest BCUT2D eigenvalue weighted by molar-refractivity contribution is 5.82. The highest BCUT2D eigenvalue weighted by Crippen LogP contribution is 2.18. The molecule has 0 spiro atoms. The summed E-state index contributed by atoms with van der Waals surface area (Å²) < 4.78 is 23.8. The van der Waals surface area contributed by atoms with Crippen LogP contribution in [0, 0.1) is 6.43 Å². The summed E-state index contributed by atoms with van der Waals surface area (Å²) in [7, 11) is 0. The van der Waals surface area contributed by atoms with Crippen molar-refractivity contribution in [2.24, 2.45) is 0 Å². The molecule has 0 saturated carbocycles. The maximum absolute atomic E-state index is 11.9. The first-order chi connectivity index (χ1) is 8.25. The van der Waals surface area contributed by atoms with Gasteiger partial charge in [-0.3, -0.25) is 0 Å². The van der Waals surface area contributed by atoms with E-state index in [2.05, 4.69) is 30.3 Å². The topological polar surface area (TPSA) is 0 Å². The average molecular weight is 233 g/mol. The minimum atomic E-state index is -1.46. The van der Waals surface area contributed by atoms with Gasteiger partial charge in [0.05, 0.1) is 0 Å². The number of unbranched alkanes of at least 4 members (excludes halogenated alkanes) is 1. The highest BCUT2D eigenvalue weighted by atomic mass is 19.3. The van der Waals surface area contributed by atoms with Gasteiger partial charge in [0.2, 0.25) is 0 Å². The van der Waals surface area contributed by atoms with Crippen molar-refractivity contribution >= 4 is 10.8 Å². The Bertz CT molecular complexity index is 477. The number of hydrogen-bond donors (Lipinski definition) is 0. The predicted octanol–water partition coefficient (Wildman–Crippen LogP) is 4.98. The van der Waals surface area contributed by atoms with Crippen molar-refractivity contribution in [2.75, 3.05) is 0 Å². The molecule has 0 aliphatic heterocycles. The lowest BCUT2D eigenvalue weighted by molar-refractivity contribution is 0.265. The minimum Gasteiger partial charge on any atom is -0.200 e. The van der Waals surface area contributed by atoms with Crippen LogP contribution in [0.4, 0.5) is 8.78 Å². The molecule has 2 aromatic carbocycles. The molecule has 0 atom stereocenters. The standard InChI is InChI=1S/C15H15F2/c16-15(17)8-4-1-5-12-9-10-13-6-2-3-7-14(13)11-12/h2-3,6-7,9-11H,1,4-5,8H2. The van der Waals surface area contributed by atoms with Gasteiger partial charge < -0.3 is 0 Å². The average Bonchev–Trinajstić information content (AvgIpc) is 2.34. The molecule has 0 bridgehead atoms. The molecule has 2 heteroatoms. The van der Waals surface area contributed by atoms with Gasteiger partial charge in [-0.1, -0.05) is 42.5 Å². The van der Waals surface area contributed by atoms with Gasteiger partial charge in [-0.05, 0) is 35.6 Å². The maximum Gasteiger partial charge on any atom is 0.310 e. The molecule has 0 fully saturated rings. The molecular weight excluding hydrogens is 218 g/mol. The number of halogens is 2. The molecule has 1 radical (unpaired) electrons. The van der Waals surface area contributed by atoms with E-state index in [4.69, 9.17) is 0 Å². The first-order valence-electron chi connectivity index (χ1n) is 5.90. The van der Waals surface area contributed by atoms with Crippen molar-refractivity contribution in [3.8, 4) is 0 Å². The van der Waals surface area contributed by atoms with E-state index in [0.29, 0.717) is 6.42 Å². The molecule has 0 aliphatic rings. The third-order valence-corrected chi connectivity index (χ3v) is 2.90. The van der Waals surface area contributed by atoms with Gasteiger partial charge in [0.15, 0.2) is 0 Å². The van der Waals surface area contributed by atoms with E-state index >= 15 is 0 Å². The first kappa shape index (κ1) is 12.0. The minimum absolute atomic E-state index is 0.0619. The van der Waals surface area contributed by atoms with Gasteiger partial charge in [0.25, 0.3) is 0 Å². The molecule has 0 N–H and O–H groups in total. The van der Waals surface area contributed by atoms with E-state index in [-0.39, 0.29) is 6.42 Å². The molecule has 0 aliphatic carbocycles. The fourth-order valence-corrected chi connectivity index (χ4v) is 1.98. The van der Waals surface area contributed by atoms with Crippen LogP contribution in [0.3, 0.4) is 0 Å². The van der Waals surface area contributed by atoms with Gasteiger partial charge in [-0.2, -0.15) is 8.78 Å². The van der Waals surface area contributed by atoms with Crippen LogP contribution in [0.1, 0.15) is 24.8 Å². The second-order valence-electron chi connectivity index (χ2n) is 4.23. The van der Waals surface area contributed by atoms with Crippen LogP contribution in [0.5, 0.6) is 0 Å². The molecule has 17 heavy (non-hydrogen) atoms. The molecule has 0 heterocycles. The zero-order valence-corrected chi connectivity index (χ0v) is 9.63. The Labute approximate surface area is 100 Å². The van der Waals surface area contributed by atoms with Crippen LogP contribution in [0.15, 0.2) is 42.5 Å². The molecule has 89 valence electrons. The quantitative estimate of drug-likeness (QED) is 0.639. The van der Waals surface area contributed by atoms with Crippen molar-refractivity contribution in [3.63, 3.8) is 0 Å². The normalized spacial score (nSPS) is 11.2. The van der Waals surface area contributed by atoms with Crippen LogP contribution in [-0.2, 0) is 6.42 Å². The van der Waals surface area contributed by atoms with Gasteiger partial charge >= 0.3 is 6.43 Å². The van der Waals surface area contributed by atoms with E-state index in [0.717, 1.165) is 12.8 Å². The SMILES string of the molecule is F[C](F)CCCCc1ccc2ccccc2c1. The van der Waals surface area contributed by atoms with E-state index in [1.807, 2.05) is 12.1 Å². The molecule has 0 saturated heterocycles. The maximum atomic E-state index is 11.9. The summed E-state index contributed by atoms with van der Waals surface area (Å²) in [5.41, 5.74) is 1.22. The Hall–Kier alpha value is -1.44. The van der Waals surface area contributed by atoms with Crippen molar-refractivity contribution in [1.82, 2.24) is 0 Å². The zero-order valence-electron chi connectivity index (χ0n) is 9.63. The lowest BCUT2D eigenvalue weighted by Gasteiger charge is -2.03. The third kappa shape index (κ3) is 3.52. The Balaban J connectivity index is 1.95. The van der Waals surface area contributed by atoms with Crippen LogP contribution >= 0.6 is 0 Å². The third-order valence-electron chi connectivity index (χ3n) is 2.90. The molecule has 2 aromatic rings. The Morgan fingerprint density at radius 2 is 1.65 bits per heavy atom. The van der Waals surface area contributed by atoms with E-state index in [1.54, 1.807) is 0 Å². The molecule has 2 rings (SSSR count). The lowest BCUT2D eigenvalue weighted by Crippen LogP contribution is -1.87. The fraction of sp³-hybridized carbons (Fsp3) is 0.267. The van der Waals surface area contributed by atoms with E-state index in [9.17, 15) is 8.78 Å². The van der Waals surface area contributed by atoms with Crippen LogP contribution < -0.4 is 0 Å². The summed E-state index contributed by atoms with van der Waals surface area (Å²) in [5, 5.41) is 2.44. The number of hydrogen-bond acceptors (Lipinski definition) is 0. The zero-order chi connectivity index (χ0) is 12.1. The number of rotatable bonds is 5. The van der Waals surface area contributed by atoms with Gasteiger partial charge in [0.1, 0.15) is 0 Å². The summed E-state index contributed by atoms with van der Waals surface area (Å²) in [6.07, 6.45) is 0.736. The summed E-state index contributed by atoms with van der Waals surface area (Å²) in [6, 6.07) is 14.5. The molecule has 0 aromatic heterocycles. The monoisotopic (exact) mass is 233 g/mol. The summed E-state index contributed by atoms with van der Waals surface area (Å²) in [5.74, 6) is 0. The molecule has 0 unspecified atom stereocenters.